The Kier molecular flexibility index (Phi) is 11.8. The minimum absolute atomic E-state index is 0.0435. The molecule has 4 aliphatic rings. The Morgan fingerprint density at radius 1 is 0.981 bits per heavy atom. The van der Waals surface area contributed by atoms with Crippen LogP contribution in [-0.4, -0.2) is 68.5 Å². The van der Waals surface area contributed by atoms with Gasteiger partial charge in [0.15, 0.2) is 15.7 Å². The standard InChI is InChI=1S/C39H49Cl2FN4O5S/c40-30-11-9-12-31(41)34(30)36-29(37(51-44-36)25-13-14-25)24-50-33-22-27-21-26(33)23-46(27)32-16-15-28(39(43)47)38(35(32)42)52(48,49)20-8-6-4-2-1-3-5-7-17-45-18-10-19-45/h9,11-12,15-16,25-27,33H,1-8,10,13-14,17-24H2,(H2,43,47)/t26-,27-,33+/m0/s1. The molecule has 0 radical (unpaired) electrons. The number of carbonyl (C=O) groups excluding carboxylic acids is 1. The average molecular weight is 776 g/mol. The molecule has 2 saturated heterocycles. The highest BCUT2D eigenvalue weighted by molar-refractivity contribution is 7.91. The maximum absolute atomic E-state index is 16.3. The summed E-state index contributed by atoms with van der Waals surface area (Å²) < 4.78 is 55.8. The number of fused-ring (bicyclic) bond motifs is 2. The maximum Gasteiger partial charge on any atom is 0.250 e. The van der Waals surface area contributed by atoms with Gasteiger partial charge >= 0.3 is 0 Å². The van der Waals surface area contributed by atoms with Gasteiger partial charge in [-0.2, -0.15) is 0 Å². The Morgan fingerprint density at radius 2 is 1.67 bits per heavy atom. The van der Waals surface area contributed by atoms with Crippen LogP contribution in [0.2, 0.25) is 10.0 Å². The number of hydrogen-bond acceptors (Lipinski definition) is 8. The third-order valence-corrected chi connectivity index (χ3v) is 13.9. The van der Waals surface area contributed by atoms with Crippen LogP contribution in [0, 0.1) is 11.7 Å². The average Bonchev–Trinajstić information content (AvgIpc) is 3.54. The lowest BCUT2D eigenvalue weighted by Crippen LogP contribution is -2.39. The number of halogens is 3. The number of ether oxygens (including phenoxy) is 1. The SMILES string of the molecule is NC(=O)c1ccc(N2C[C@@H]3C[C@H]2C[C@H]3OCc2c(-c3c(Cl)cccc3Cl)noc2C2CC2)c(F)c1S(=O)(=O)CCCCCCCCCCN1CCC1. The molecule has 7 rings (SSSR count). The van der Waals surface area contributed by atoms with Gasteiger partial charge in [0.2, 0.25) is 5.91 Å². The third-order valence-electron chi connectivity index (χ3n) is 11.4. The predicted molar refractivity (Wildman–Crippen MR) is 201 cm³/mol. The van der Waals surface area contributed by atoms with Crippen LogP contribution in [0.4, 0.5) is 10.1 Å². The second-order valence-electron chi connectivity index (χ2n) is 15.1. The number of amides is 1. The van der Waals surface area contributed by atoms with E-state index in [0.29, 0.717) is 46.6 Å². The van der Waals surface area contributed by atoms with E-state index in [2.05, 4.69) is 10.1 Å². The van der Waals surface area contributed by atoms with Crippen LogP contribution in [0.5, 0.6) is 0 Å². The van der Waals surface area contributed by atoms with Gasteiger partial charge in [0.05, 0.1) is 39.8 Å². The number of anilines is 1. The summed E-state index contributed by atoms with van der Waals surface area (Å²) in [4.78, 5) is 16.2. The second-order valence-corrected chi connectivity index (χ2v) is 18.0. The van der Waals surface area contributed by atoms with Crippen molar-refractivity contribution in [2.24, 2.45) is 11.7 Å². The van der Waals surface area contributed by atoms with Crippen LogP contribution < -0.4 is 10.6 Å². The normalized spacial score (nSPS) is 21.6. The molecule has 3 heterocycles. The van der Waals surface area contributed by atoms with Gasteiger partial charge in [0.25, 0.3) is 0 Å². The van der Waals surface area contributed by atoms with Crippen molar-refractivity contribution in [2.75, 3.05) is 36.8 Å². The fraction of sp³-hybridized carbons (Fsp3) is 0.590. The molecule has 3 aromatic rings. The van der Waals surface area contributed by atoms with E-state index in [-0.39, 0.29) is 41.7 Å². The Labute approximate surface area is 316 Å². The van der Waals surface area contributed by atoms with Crippen LogP contribution in [0.1, 0.15) is 111 Å². The number of sulfone groups is 1. The van der Waals surface area contributed by atoms with E-state index in [1.807, 2.05) is 4.90 Å². The molecular formula is C39H49Cl2FN4O5S. The minimum atomic E-state index is -4.09. The first-order valence-corrected chi connectivity index (χ1v) is 21.4. The van der Waals surface area contributed by atoms with Gasteiger partial charge in [0, 0.05) is 35.5 Å². The summed E-state index contributed by atoms with van der Waals surface area (Å²) in [6.45, 7) is 4.46. The first-order valence-electron chi connectivity index (χ1n) is 19.0. The molecule has 4 fully saturated rings. The summed E-state index contributed by atoms with van der Waals surface area (Å²) in [6.07, 6.45) is 12.7. The first-order chi connectivity index (χ1) is 25.1. The van der Waals surface area contributed by atoms with Crippen LogP contribution in [-0.2, 0) is 21.2 Å². The zero-order valence-electron chi connectivity index (χ0n) is 29.6. The molecule has 13 heteroatoms. The summed E-state index contributed by atoms with van der Waals surface area (Å²) in [5.74, 6) is -0.848. The van der Waals surface area contributed by atoms with Gasteiger partial charge < -0.3 is 24.8 Å². The lowest BCUT2D eigenvalue weighted by atomic mass is 10.0. The lowest BCUT2D eigenvalue weighted by molar-refractivity contribution is 0.0122. The van der Waals surface area contributed by atoms with E-state index >= 15 is 4.39 Å². The maximum atomic E-state index is 16.3. The number of hydrogen-bond donors (Lipinski definition) is 1. The second kappa shape index (κ2) is 16.3. The van der Waals surface area contributed by atoms with Crippen LogP contribution >= 0.6 is 23.2 Å². The third kappa shape index (κ3) is 8.19. The van der Waals surface area contributed by atoms with E-state index in [4.69, 9.17) is 38.2 Å². The van der Waals surface area contributed by atoms with Crippen LogP contribution in [0.15, 0.2) is 39.8 Å². The number of rotatable bonds is 19. The number of piperidine rings is 1. The zero-order chi connectivity index (χ0) is 36.4. The Hall–Kier alpha value is -2.70. The van der Waals surface area contributed by atoms with E-state index < -0.39 is 26.5 Å². The number of carbonyl (C=O) groups is 1. The topological polar surface area (TPSA) is 119 Å². The Morgan fingerprint density at radius 3 is 2.29 bits per heavy atom. The number of primary amides is 1. The summed E-state index contributed by atoms with van der Waals surface area (Å²) in [5.41, 5.74) is 7.55. The van der Waals surface area contributed by atoms with Crippen molar-refractivity contribution in [3.8, 4) is 11.3 Å². The van der Waals surface area contributed by atoms with Gasteiger partial charge in [-0.05, 0) is 88.8 Å². The van der Waals surface area contributed by atoms with Gasteiger partial charge in [-0.15, -0.1) is 0 Å². The highest BCUT2D eigenvalue weighted by Crippen LogP contribution is 2.48. The van der Waals surface area contributed by atoms with Crippen molar-refractivity contribution < 1.29 is 26.9 Å². The molecule has 1 amide bonds. The molecule has 2 aliphatic heterocycles. The molecule has 2 saturated carbocycles. The highest BCUT2D eigenvalue weighted by Gasteiger charge is 2.47. The Balaban J connectivity index is 0.955. The number of benzene rings is 2. The fourth-order valence-corrected chi connectivity index (χ4v) is 10.6. The van der Waals surface area contributed by atoms with Crippen molar-refractivity contribution >= 4 is 44.6 Å². The smallest absolute Gasteiger partial charge is 0.250 e. The number of unbranched alkanes of at least 4 members (excludes halogenated alkanes) is 7. The molecule has 282 valence electrons. The number of likely N-dealkylation sites (tertiary alicyclic amines) is 1. The summed E-state index contributed by atoms with van der Waals surface area (Å²) >= 11 is 13.1. The molecule has 2 aromatic carbocycles. The van der Waals surface area contributed by atoms with Crippen molar-refractivity contribution in [1.82, 2.24) is 10.1 Å². The number of nitrogens with two attached hydrogens (primary N) is 1. The van der Waals surface area contributed by atoms with Crippen molar-refractivity contribution in [3.05, 3.63) is 63.1 Å². The van der Waals surface area contributed by atoms with E-state index in [0.717, 1.165) is 56.3 Å². The number of aromatic nitrogens is 1. The molecule has 1 aromatic heterocycles. The molecule has 9 nitrogen and oxygen atoms in total. The molecule has 2 aliphatic carbocycles. The van der Waals surface area contributed by atoms with Gasteiger partial charge in [-0.1, -0.05) is 72.9 Å². The molecular weight excluding hydrogens is 726 g/mol. The largest absolute Gasteiger partial charge is 0.373 e. The van der Waals surface area contributed by atoms with Crippen molar-refractivity contribution in [1.29, 1.82) is 0 Å². The monoisotopic (exact) mass is 774 g/mol. The molecule has 3 atom stereocenters. The summed E-state index contributed by atoms with van der Waals surface area (Å²) in [6, 6.07) is 8.15. The lowest BCUT2D eigenvalue weighted by Gasteiger charge is -2.34. The predicted octanol–water partition coefficient (Wildman–Crippen LogP) is 8.55. The van der Waals surface area contributed by atoms with Gasteiger partial charge in [0.1, 0.15) is 16.3 Å². The van der Waals surface area contributed by atoms with Crippen LogP contribution in [0.3, 0.4) is 0 Å². The van der Waals surface area contributed by atoms with Crippen molar-refractivity contribution in [3.63, 3.8) is 0 Å². The van der Waals surface area contributed by atoms with Gasteiger partial charge in [-0.25, -0.2) is 12.8 Å². The van der Waals surface area contributed by atoms with Crippen LogP contribution in [0.25, 0.3) is 11.3 Å². The minimum Gasteiger partial charge on any atom is -0.373 e. The molecule has 0 unspecified atom stereocenters. The summed E-state index contributed by atoms with van der Waals surface area (Å²) in [7, 11) is -4.09. The fourth-order valence-electron chi connectivity index (χ4n) is 8.31. The highest BCUT2D eigenvalue weighted by atomic mass is 35.5. The zero-order valence-corrected chi connectivity index (χ0v) is 32.0. The molecule has 0 spiro atoms. The molecule has 2 bridgehead atoms. The molecule has 2 N–H and O–H groups in total. The van der Waals surface area contributed by atoms with Crippen molar-refractivity contribution in [2.45, 2.75) is 113 Å². The van der Waals surface area contributed by atoms with Gasteiger partial charge in [-0.3, -0.25) is 4.79 Å². The van der Waals surface area contributed by atoms with E-state index in [9.17, 15) is 13.2 Å². The Bertz CT molecular complexity index is 1840. The summed E-state index contributed by atoms with van der Waals surface area (Å²) in [5, 5.41) is 5.34. The van der Waals surface area contributed by atoms with E-state index in [1.54, 1.807) is 18.2 Å². The van der Waals surface area contributed by atoms with E-state index in [1.165, 1.54) is 57.5 Å². The number of nitrogens with zero attached hydrogens (tertiary/aromatic N) is 3. The molecule has 52 heavy (non-hydrogen) atoms. The first kappa shape index (κ1) is 37.6. The quantitative estimate of drug-likeness (QED) is 0.120.